The summed E-state index contributed by atoms with van der Waals surface area (Å²) < 4.78 is 0. The van der Waals surface area contributed by atoms with Crippen molar-refractivity contribution in [2.75, 3.05) is 16.8 Å². The molecule has 6 nitrogen and oxygen atoms in total. The normalized spacial score (nSPS) is 13.4. The summed E-state index contributed by atoms with van der Waals surface area (Å²) in [5.74, 6) is 1.36. The van der Waals surface area contributed by atoms with Crippen molar-refractivity contribution < 1.29 is 0 Å². The summed E-state index contributed by atoms with van der Waals surface area (Å²) in [6, 6.07) is 12.4. The Morgan fingerprint density at radius 2 is 1.96 bits per heavy atom. The summed E-state index contributed by atoms with van der Waals surface area (Å²) in [5.41, 5.74) is 3.66. The molecule has 3 heterocycles. The van der Waals surface area contributed by atoms with Gasteiger partial charge in [0, 0.05) is 31.2 Å². The highest BCUT2D eigenvalue weighted by atomic mass is 15.3. The largest absolute Gasteiger partial charge is 0.365 e. The van der Waals surface area contributed by atoms with Crippen molar-refractivity contribution in [2.24, 2.45) is 0 Å². The van der Waals surface area contributed by atoms with E-state index in [1.807, 2.05) is 12.1 Å². The molecule has 1 N–H and O–H groups in total. The highest BCUT2D eigenvalue weighted by Crippen LogP contribution is 2.31. The van der Waals surface area contributed by atoms with E-state index < -0.39 is 0 Å². The summed E-state index contributed by atoms with van der Waals surface area (Å²) >= 11 is 0. The third-order valence-electron chi connectivity index (χ3n) is 4.12. The molecule has 1 aliphatic rings. The molecular weight excluding hydrogens is 300 g/mol. The van der Waals surface area contributed by atoms with E-state index in [9.17, 15) is 0 Å². The first-order valence-electron chi connectivity index (χ1n) is 8.08. The maximum atomic E-state index is 4.64. The molecule has 0 saturated carbocycles. The second-order valence-corrected chi connectivity index (χ2v) is 5.73. The lowest BCUT2D eigenvalue weighted by molar-refractivity contribution is 0.741. The lowest BCUT2D eigenvalue weighted by Gasteiger charge is -2.29. The molecule has 0 atom stereocenters. The van der Waals surface area contributed by atoms with Crippen LogP contribution in [0.15, 0.2) is 55.0 Å². The van der Waals surface area contributed by atoms with Gasteiger partial charge in [-0.15, -0.1) is 5.10 Å². The molecule has 0 radical (unpaired) electrons. The van der Waals surface area contributed by atoms with Crippen LogP contribution in [-0.2, 0) is 13.0 Å². The summed E-state index contributed by atoms with van der Waals surface area (Å²) in [5, 5.41) is 11.6. The third kappa shape index (κ3) is 3.03. The average molecular weight is 318 g/mol. The Labute approximate surface area is 140 Å². The molecule has 0 saturated heterocycles. The second kappa shape index (κ2) is 6.62. The molecular formula is C18H18N6. The van der Waals surface area contributed by atoms with Crippen molar-refractivity contribution in [2.45, 2.75) is 19.4 Å². The summed E-state index contributed by atoms with van der Waals surface area (Å²) in [4.78, 5) is 10.8. The Balaban J connectivity index is 1.55. The summed E-state index contributed by atoms with van der Waals surface area (Å²) in [6.07, 6.45) is 7.41. The zero-order valence-corrected chi connectivity index (χ0v) is 13.3. The Hall–Kier alpha value is -3.02. The van der Waals surface area contributed by atoms with Crippen LogP contribution in [0, 0.1) is 0 Å². The molecule has 2 aromatic heterocycles. The minimum absolute atomic E-state index is 0.641. The van der Waals surface area contributed by atoms with Gasteiger partial charge in [0.25, 0.3) is 5.95 Å². The molecule has 0 bridgehead atoms. The fraction of sp³-hybridized carbons (Fsp3) is 0.222. The maximum Gasteiger partial charge on any atom is 0.251 e. The first kappa shape index (κ1) is 14.6. The number of anilines is 3. The maximum absolute atomic E-state index is 4.64. The minimum Gasteiger partial charge on any atom is -0.365 e. The van der Waals surface area contributed by atoms with Crippen LogP contribution in [0.25, 0.3) is 0 Å². The fourth-order valence-corrected chi connectivity index (χ4v) is 2.93. The van der Waals surface area contributed by atoms with Gasteiger partial charge in [-0.2, -0.15) is 10.1 Å². The molecule has 3 aromatic rings. The SMILES string of the molecule is c1ccc2c(c1)CCCN2c1nncc(NCc2ccncc2)n1. The van der Waals surface area contributed by atoms with Crippen LogP contribution >= 0.6 is 0 Å². The van der Waals surface area contributed by atoms with Gasteiger partial charge in [0.05, 0.1) is 6.20 Å². The van der Waals surface area contributed by atoms with E-state index in [4.69, 9.17) is 0 Å². The summed E-state index contributed by atoms with van der Waals surface area (Å²) in [7, 11) is 0. The first-order valence-corrected chi connectivity index (χ1v) is 8.08. The zero-order chi connectivity index (χ0) is 16.2. The van der Waals surface area contributed by atoms with E-state index in [0.717, 1.165) is 30.8 Å². The number of benzene rings is 1. The Morgan fingerprint density at radius 1 is 1.08 bits per heavy atom. The Morgan fingerprint density at radius 3 is 2.88 bits per heavy atom. The van der Waals surface area contributed by atoms with Gasteiger partial charge >= 0.3 is 0 Å². The number of aromatic nitrogens is 4. The number of hydrogen-bond donors (Lipinski definition) is 1. The molecule has 0 amide bonds. The van der Waals surface area contributed by atoms with Crippen LogP contribution in [-0.4, -0.2) is 26.7 Å². The van der Waals surface area contributed by atoms with Gasteiger partial charge in [-0.05, 0) is 42.2 Å². The number of aryl methyl sites for hydroxylation is 1. The quantitative estimate of drug-likeness (QED) is 0.798. The van der Waals surface area contributed by atoms with Crippen LogP contribution in [0.3, 0.4) is 0 Å². The highest BCUT2D eigenvalue weighted by molar-refractivity contribution is 5.63. The number of pyridine rings is 1. The molecule has 0 aliphatic carbocycles. The highest BCUT2D eigenvalue weighted by Gasteiger charge is 2.20. The van der Waals surface area contributed by atoms with Gasteiger partial charge < -0.3 is 10.2 Å². The Bertz CT molecular complexity index is 821. The fourth-order valence-electron chi connectivity index (χ4n) is 2.93. The van der Waals surface area contributed by atoms with Crippen molar-refractivity contribution in [1.82, 2.24) is 20.2 Å². The number of hydrogen-bond acceptors (Lipinski definition) is 6. The van der Waals surface area contributed by atoms with E-state index in [-0.39, 0.29) is 0 Å². The molecule has 0 fully saturated rings. The van der Waals surface area contributed by atoms with Gasteiger partial charge in [-0.1, -0.05) is 18.2 Å². The topological polar surface area (TPSA) is 66.8 Å². The molecule has 120 valence electrons. The van der Waals surface area contributed by atoms with Crippen molar-refractivity contribution in [3.05, 3.63) is 66.1 Å². The lowest BCUT2D eigenvalue weighted by atomic mass is 10.0. The van der Waals surface area contributed by atoms with E-state index in [2.05, 4.69) is 54.6 Å². The monoisotopic (exact) mass is 318 g/mol. The van der Waals surface area contributed by atoms with Crippen LogP contribution < -0.4 is 10.2 Å². The molecule has 6 heteroatoms. The number of nitrogens with zero attached hydrogens (tertiary/aromatic N) is 5. The van der Waals surface area contributed by atoms with Crippen LogP contribution in [0.2, 0.25) is 0 Å². The number of rotatable bonds is 4. The molecule has 1 aliphatic heterocycles. The standard InChI is InChI=1S/C18H18N6/c1-2-6-16-15(4-1)5-3-11-24(16)18-22-17(13-21-23-18)20-12-14-7-9-19-10-8-14/h1-2,4,6-10,13H,3,5,11-12H2,(H,20,22,23). The zero-order valence-electron chi connectivity index (χ0n) is 13.3. The van der Waals surface area contributed by atoms with Crippen LogP contribution in [0.1, 0.15) is 17.5 Å². The predicted octanol–water partition coefficient (Wildman–Crippen LogP) is 2.96. The number of para-hydroxylation sites is 1. The molecule has 24 heavy (non-hydrogen) atoms. The molecule has 4 rings (SSSR count). The van der Waals surface area contributed by atoms with E-state index in [1.54, 1.807) is 18.6 Å². The second-order valence-electron chi connectivity index (χ2n) is 5.73. The summed E-state index contributed by atoms with van der Waals surface area (Å²) in [6.45, 7) is 1.59. The van der Waals surface area contributed by atoms with Gasteiger partial charge in [0.1, 0.15) is 0 Å². The smallest absolute Gasteiger partial charge is 0.251 e. The third-order valence-corrected chi connectivity index (χ3v) is 4.12. The van der Waals surface area contributed by atoms with E-state index in [1.165, 1.54) is 11.3 Å². The number of fused-ring (bicyclic) bond motifs is 1. The van der Waals surface area contributed by atoms with Gasteiger partial charge in [-0.3, -0.25) is 4.98 Å². The predicted molar refractivity (Wildman–Crippen MR) is 93.2 cm³/mol. The van der Waals surface area contributed by atoms with E-state index >= 15 is 0 Å². The van der Waals surface area contributed by atoms with Gasteiger partial charge in [0.15, 0.2) is 5.82 Å². The van der Waals surface area contributed by atoms with Crippen LogP contribution in [0.5, 0.6) is 0 Å². The van der Waals surface area contributed by atoms with Crippen molar-refractivity contribution in [1.29, 1.82) is 0 Å². The van der Waals surface area contributed by atoms with Crippen molar-refractivity contribution >= 4 is 17.5 Å². The Kier molecular flexibility index (Phi) is 4.02. The van der Waals surface area contributed by atoms with Crippen molar-refractivity contribution in [3.63, 3.8) is 0 Å². The van der Waals surface area contributed by atoms with Crippen LogP contribution in [0.4, 0.5) is 17.5 Å². The number of nitrogens with one attached hydrogen (secondary N) is 1. The minimum atomic E-state index is 0.641. The first-order chi connectivity index (χ1) is 11.9. The molecule has 1 aromatic carbocycles. The average Bonchev–Trinajstić information content (AvgIpc) is 2.67. The lowest BCUT2D eigenvalue weighted by Crippen LogP contribution is -2.26. The molecule has 0 spiro atoms. The van der Waals surface area contributed by atoms with E-state index in [0.29, 0.717) is 12.5 Å². The van der Waals surface area contributed by atoms with Gasteiger partial charge in [-0.25, -0.2) is 0 Å². The van der Waals surface area contributed by atoms with Gasteiger partial charge in [0.2, 0.25) is 0 Å². The van der Waals surface area contributed by atoms with Crippen molar-refractivity contribution in [3.8, 4) is 0 Å². The molecule has 0 unspecified atom stereocenters.